The molecule has 2 aromatic rings. The van der Waals surface area contributed by atoms with Gasteiger partial charge in [-0.1, -0.05) is 5.21 Å². The summed E-state index contributed by atoms with van der Waals surface area (Å²) in [4.78, 5) is 0. The Balaban J connectivity index is 1.98. The van der Waals surface area contributed by atoms with Crippen LogP contribution in [0.5, 0.6) is 0 Å². The van der Waals surface area contributed by atoms with Crippen molar-refractivity contribution in [1.29, 1.82) is 0 Å². The van der Waals surface area contributed by atoms with Gasteiger partial charge in [0.1, 0.15) is 0 Å². The van der Waals surface area contributed by atoms with E-state index in [4.69, 9.17) is 5.73 Å². The summed E-state index contributed by atoms with van der Waals surface area (Å²) < 4.78 is 3.57. The number of anilines is 1. The lowest BCUT2D eigenvalue weighted by molar-refractivity contribution is 0.567. The lowest BCUT2D eigenvalue weighted by Gasteiger charge is -2.00. The van der Waals surface area contributed by atoms with Crippen molar-refractivity contribution in [3.05, 3.63) is 24.2 Å². The molecule has 14 heavy (non-hydrogen) atoms. The van der Waals surface area contributed by atoms with E-state index in [1.807, 2.05) is 17.8 Å². The van der Waals surface area contributed by atoms with E-state index in [2.05, 4.69) is 15.4 Å². The first-order chi connectivity index (χ1) is 6.75. The van der Waals surface area contributed by atoms with E-state index in [1.54, 1.807) is 17.1 Å². The van der Waals surface area contributed by atoms with E-state index in [0.717, 1.165) is 13.0 Å². The zero-order valence-corrected chi connectivity index (χ0v) is 7.96. The van der Waals surface area contributed by atoms with Crippen molar-refractivity contribution in [1.82, 2.24) is 24.8 Å². The zero-order chi connectivity index (χ0) is 9.97. The lowest BCUT2D eigenvalue weighted by atomic mass is 10.3. The molecule has 2 N–H and O–H groups in total. The third-order valence-corrected chi connectivity index (χ3v) is 2.08. The van der Waals surface area contributed by atoms with Crippen molar-refractivity contribution in [2.75, 3.05) is 5.73 Å². The molecule has 0 unspecified atom stereocenters. The third-order valence-electron chi connectivity index (χ3n) is 2.08. The smallest absolute Gasteiger partial charge is 0.165 e. The standard InChI is InChI=1S/C8H12N6/c1-13-7(2-4-10-13)3-5-14-6-8(9)11-12-14/h2,4,6H,3,5,9H2,1H3. The maximum absolute atomic E-state index is 5.45. The Labute approximate surface area is 81.3 Å². The fourth-order valence-electron chi connectivity index (χ4n) is 1.30. The predicted molar refractivity (Wildman–Crippen MR) is 51.3 cm³/mol. The fraction of sp³-hybridized carbons (Fsp3) is 0.375. The van der Waals surface area contributed by atoms with Crippen LogP contribution in [0.25, 0.3) is 0 Å². The van der Waals surface area contributed by atoms with Crippen molar-refractivity contribution in [2.45, 2.75) is 13.0 Å². The van der Waals surface area contributed by atoms with Gasteiger partial charge in [0.2, 0.25) is 0 Å². The zero-order valence-electron chi connectivity index (χ0n) is 7.96. The minimum Gasteiger partial charge on any atom is -0.381 e. The van der Waals surface area contributed by atoms with Crippen LogP contribution in [0.15, 0.2) is 18.5 Å². The Kier molecular flexibility index (Phi) is 2.18. The molecule has 0 spiro atoms. The summed E-state index contributed by atoms with van der Waals surface area (Å²) in [5.74, 6) is 0.454. The first kappa shape index (κ1) is 8.74. The van der Waals surface area contributed by atoms with Gasteiger partial charge in [-0.3, -0.25) is 4.68 Å². The second-order valence-electron chi connectivity index (χ2n) is 3.10. The van der Waals surface area contributed by atoms with Crippen molar-refractivity contribution >= 4 is 5.82 Å². The average molecular weight is 192 g/mol. The van der Waals surface area contributed by atoms with Crippen molar-refractivity contribution < 1.29 is 0 Å². The van der Waals surface area contributed by atoms with E-state index < -0.39 is 0 Å². The van der Waals surface area contributed by atoms with Crippen molar-refractivity contribution in [3.8, 4) is 0 Å². The molecule has 2 heterocycles. The van der Waals surface area contributed by atoms with Gasteiger partial charge in [0.25, 0.3) is 0 Å². The number of nitrogen functional groups attached to an aromatic ring is 1. The van der Waals surface area contributed by atoms with Gasteiger partial charge in [-0.05, 0) is 6.07 Å². The highest BCUT2D eigenvalue weighted by Gasteiger charge is 2.00. The molecule has 0 fully saturated rings. The minimum absolute atomic E-state index is 0.454. The molecule has 0 saturated heterocycles. The number of aromatic nitrogens is 5. The molecule has 0 aliphatic carbocycles. The van der Waals surface area contributed by atoms with Crippen LogP contribution < -0.4 is 5.73 Å². The van der Waals surface area contributed by atoms with Crippen LogP contribution in [0.3, 0.4) is 0 Å². The topological polar surface area (TPSA) is 74.5 Å². The molecule has 0 aliphatic rings. The number of nitrogens with two attached hydrogens (primary N) is 1. The first-order valence-corrected chi connectivity index (χ1v) is 4.38. The molecule has 0 aromatic carbocycles. The Morgan fingerprint density at radius 1 is 1.50 bits per heavy atom. The molecule has 6 heteroatoms. The summed E-state index contributed by atoms with van der Waals surface area (Å²) in [6.07, 6.45) is 4.38. The van der Waals surface area contributed by atoms with Gasteiger partial charge in [-0.15, -0.1) is 5.10 Å². The van der Waals surface area contributed by atoms with Gasteiger partial charge in [0.05, 0.1) is 6.20 Å². The monoisotopic (exact) mass is 192 g/mol. The predicted octanol–water partition coefficient (Wildman–Crippen LogP) is -0.163. The summed E-state index contributed by atoms with van der Waals surface area (Å²) in [5, 5.41) is 11.6. The highest BCUT2D eigenvalue weighted by Crippen LogP contribution is 2.00. The van der Waals surface area contributed by atoms with Gasteiger partial charge in [-0.2, -0.15) is 5.10 Å². The largest absolute Gasteiger partial charge is 0.381 e. The van der Waals surface area contributed by atoms with E-state index in [-0.39, 0.29) is 0 Å². The molecule has 0 amide bonds. The molecular weight excluding hydrogens is 180 g/mol. The molecule has 74 valence electrons. The van der Waals surface area contributed by atoms with Gasteiger partial charge in [0.15, 0.2) is 5.82 Å². The summed E-state index contributed by atoms with van der Waals surface area (Å²) in [6.45, 7) is 0.768. The molecule has 0 saturated carbocycles. The summed E-state index contributed by atoms with van der Waals surface area (Å²) >= 11 is 0. The number of rotatable bonds is 3. The molecular formula is C8H12N6. The fourth-order valence-corrected chi connectivity index (χ4v) is 1.30. The molecule has 0 radical (unpaired) electrons. The van der Waals surface area contributed by atoms with Crippen LogP contribution in [0.1, 0.15) is 5.69 Å². The Morgan fingerprint density at radius 2 is 2.36 bits per heavy atom. The van der Waals surface area contributed by atoms with Gasteiger partial charge < -0.3 is 5.73 Å². The van der Waals surface area contributed by atoms with Gasteiger partial charge in [-0.25, -0.2) is 4.68 Å². The molecule has 2 aromatic heterocycles. The normalized spacial score (nSPS) is 10.6. The number of hydrogen-bond donors (Lipinski definition) is 1. The second kappa shape index (κ2) is 3.49. The van der Waals surface area contributed by atoms with E-state index in [0.29, 0.717) is 5.82 Å². The van der Waals surface area contributed by atoms with Crippen LogP contribution in [-0.2, 0) is 20.0 Å². The van der Waals surface area contributed by atoms with Crippen LogP contribution in [0, 0.1) is 0 Å². The van der Waals surface area contributed by atoms with Crippen LogP contribution in [-0.4, -0.2) is 24.8 Å². The van der Waals surface area contributed by atoms with E-state index >= 15 is 0 Å². The Morgan fingerprint density at radius 3 is 2.93 bits per heavy atom. The minimum atomic E-state index is 0.454. The van der Waals surface area contributed by atoms with Gasteiger partial charge >= 0.3 is 0 Å². The molecule has 6 nitrogen and oxygen atoms in total. The Hall–Kier alpha value is -1.85. The SMILES string of the molecule is Cn1nccc1CCn1cc(N)nn1. The third kappa shape index (κ3) is 1.73. The number of nitrogens with zero attached hydrogens (tertiary/aromatic N) is 5. The quantitative estimate of drug-likeness (QED) is 0.733. The summed E-state index contributed by atoms with van der Waals surface area (Å²) in [5.41, 5.74) is 6.61. The summed E-state index contributed by atoms with van der Waals surface area (Å²) in [7, 11) is 1.92. The highest BCUT2D eigenvalue weighted by atomic mass is 15.4. The molecule has 0 aliphatic heterocycles. The molecule has 0 bridgehead atoms. The van der Waals surface area contributed by atoms with E-state index in [9.17, 15) is 0 Å². The van der Waals surface area contributed by atoms with Gasteiger partial charge in [0, 0.05) is 31.9 Å². The Bertz CT molecular complexity index is 415. The lowest BCUT2D eigenvalue weighted by Crippen LogP contribution is -2.05. The number of aryl methyl sites for hydroxylation is 3. The van der Waals surface area contributed by atoms with Crippen molar-refractivity contribution in [2.24, 2.45) is 7.05 Å². The summed E-state index contributed by atoms with van der Waals surface area (Å²) in [6, 6.07) is 1.99. The average Bonchev–Trinajstić information content (AvgIpc) is 2.72. The number of hydrogen-bond acceptors (Lipinski definition) is 4. The first-order valence-electron chi connectivity index (χ1n) is 4.38. The second-order valence-corrected chi connectivity index (χ2v) is 3.10. The highest BCUT2D eigenvalue weighted by molar-refractivity contribution is 5.19. The maximum atomic E-state index is 5.45. The molecule has 0 atom stereocenters. The van der Waals surface area contributed by atoms with Crippen molar-refractivity contribution in [3.63, 3.8) is 0 Å². The maximum Gasteiger partial charge on any atom is 0.165 e. The van der Waals surface area contributed by atoms with E-state index in [1.165, 1.54) is 5.69 Å². The molecule has 2 rings (SSSR count). The van der Waals surface area contributed by atoms with Crippen LogP contribution >= 0.6 is 0 Å². The van der Waals surface area contributed by atoms with Crippen LogP contribution in [0.4, 0.5) is 5.82 Å². The van der Waals surface area contributed by atoms with Crippen LogP contribution in [0.2, 0.25) is 0 Å².